The van der Waals surface area contributed by atoms with Crippen molar-refractivity contribution in [3.05, 3.63) is 64.7 Å². The second kappa shape index (κ2) is 7.82. The number of hydrogen-bond donors (Lipinski definition) is 1. The van der Waals surface area contributed by atoms with E-state index in [0.29, 0.717) is 34.4 Å². The van der Waals surface area contributed by atoms with Gasteiger partial charge in [0.05, 0.1) is 29.8 Å². The first kappa shape index (κ1) is 18.2. The summed E-state index contributed by atoms with van der Waals surface area (Å²) in [6.07, 6.45) is 3.52. The number of nitrogens with zero attached hydrogens (tertiary/aromatic N) is 2. The summed E-state index contributed by atoms with van der Waals surface area (Å²) in [5.41, 5.74) is 1.33. The molecule has 0 saturated carbocycles. The van der Waals surface area contributed by atoms with Crippen molar-refractivity contribution >= 4 is 16.8 Å². The van der Waals surface area contributed by atoms with Gasteiger partial charge >= 0.3 is 0 Å². The minimum atomic E-state index is -0.221. The Balaban J connectivity index is 1.62. The number of rotatable bonds is 5. The number of carbonyl (C=O) groups is 1. The Morgan fingerprint density at radius 2 is 2.18 bits per heavy atom. The van der Waals surface area contributed by atoms with Gasteiger partial charge in [0.15, 0.2) is 0 Å². The summed E-state index contributed by atoms with van der Waals surface area (Å²) in [4.78, 5) is 29.7. The second-order valence-electron chi connectivity index (χ2n) is 6.67. The molecule has 1 fully saturated rings. The number of aromatic nitrogens is 2. The number of benzene rings is 2. The van der Waals surface area contributed by atoms with E-state index in [-0.39, 0.29) is 17.6 Å². The van der Waals surface area contributed by atoms with Crippen LogP contribution in [-0.4, -0.2) is 41.8 Å². The molecule has 1 aliphatic rings. The van der Waals surface area contributed by atoms with Crippen LogP contribution in [0.3, 0.4) is 0 Å². The predicted octanol–water partition coefficient (Wildman–Crippen LogP) is 2.30. The number of methoxy groups -OCH3 is 1. The number of ether oxygens (including phenoxy) is 2. The fraction of sp³-hybridized carbons (Fsp3) is 0.286. The van der Waals surface area contributed by atoms with E-state index in [1.165, 1.54) is 10.9 Å². The fourth-order valence-corrected chi connectivity index (χ4v) is 3.38. The lowest BCUT2D eigenvalue weighted by Gasteiger charge is -2.12. The minimum absolute atomic E-state index is 0.0792. The van der Waals surface area contributed by atoms with Crippen LogP contribution in [0.5, 0.6) is 5.75 Å². The quantitative estimate of drug-likeness (QED) is 0.736. The number of hydrogen-bond acceptors (Lipinski definition) is 5. The van der Waals surface area contributed by atoms with E-state index in [1.807, 2.05) is 12.1 Å². The lowest BCUT2D eigenvalue weighted by atomic mass is 10.1. The van der Waals surface area contributed by atoms with Crippen LogP contribution in [0.15, 0.2) is 53.6 Å². The summed E-state index contributed by atoms with van der Waals surface area (Å²) in [6.45, 7) is 1.23. The van der Waals surface area contributed by atoms with Gasteiger partial charge in [0.1, 0.15) is 12.1 Å². The topological polar surface area (TPSA) is 82.5 Å². The fourth-order valence-electron chi connectivity index (χ4n) is 3.38. The summed E-state index contributed by atoms with van der Waals surface area (Å²) in [7, 11) is 1.56. The van der Waals surface area contributed by atoms with E-state index in [9.17, 15) is 9.59 Å². The average Bonchev–Trinajstić information content (AvgIpc) is 3.26. The van der Waals surface area contributed by atoms with E-state index in [4.69, 9.17) is 9.47 Å². The van der Waals surface area contributed by atoms with Gasteiger partial charge in [-0.15, -0.1) is 0 Å². The molecule has 4 rings (SSSR count). The monoisotopic (exact) mass is 379 g/mol. The van der Waals surface area contributed by atoms with Gasteiger partial charge in [0, 0.05) is 18.7 Å². The molecule has 2 aromatic carbocycles. The molecule has 0 unspecified atom stereocenters. The van der Waals surface area contributed by atoms with Gasteiger partial charge < -0.3 is 14.8 Å². The molecular weight excluding hydrogens is 358 g/mol. The summed E-state index contributed by atoms with van der Waals surface area (Å²) in [5, 5.41) is 3.32. The number of nitrogens with one attached hydrogen (secondary N) is 1. The molecule has 7 heteroatoms. The standard InChI is InChI=1S/C21H21N3O4/c1-27-19-7-3-2-6-18(19)24-13-23-17-11-14(8-9-16(17)21(24)26)20(25)22-12-15-5-4-10-28-15/h2-3,6-9,11,13,15H,4-5,10,12H2,1H3,(H,22,25)/t15-/m0/s1. The zero-order valence-corrected chi connectivity index (χ0v) is 15.6. The Morgan fingerprint density at radius 1 is 1.32 bits per heavy atom. The molecular formula is C21H21N3O4. The Kier molecular flexibility index (Phi) is 5.08. The molecule has 7 nitrogen and oxygen atoms in total. The number of fused-ring (bicyclic) bond motifs is 1. The molecule has 1 atom stereocenters. The van der Waals surface area contributed by atoms with Crippen LogP contribution in [0.1, 0.15) is 23.2 Å². The van der Waals surface area contributed by atoms with Crippen LogP contribution in [-0.2, 0) is 4.74 Å². The van der Waals surface area contributed by atoms with Crippen molar-refractivity contribution < 1.29 is 14.3 Å². The summed E-state index contributed by atoms with van der Waals surface area (Å²) < 4.78 is 12.3. The molecule has 0 bridgehead atoms. The largest absolute Gasteiger partial charge is 0.495 e. The zero-order valence-electron chi connectivity index (χ0n) is 15.6. The molecule has 1 saturated heterocycles. The molecule has 28 heavy (non-hydrogen) atoms. The highest BCUT2D eigenvalue weighted by Crippen LogP contribution is 2.21. The van der Waals surface area contributed by atoms with Gasteiger partial charge in [0.2, 0.25) is 0 Å². The molecule has 0 aliphatic carbocycles. The van der Waals surface area contributed by atoms with Gasteiger partial charge in [-0.05, 0) is 43.2 Å². The first-order chi connectivity index (χ1) is 13.7. The van der Waals surface area contributed by atoms with Gasteiger partial charge in [-0.3, -0.25) is 14.2 Å². The maximum atomic E-state index is 12.9. The molecule has 1 aromatic heterocycles. The van der Waals surface area contributed by atoms with Crippen LogP contribution in [0.2, 0.25) is 0 Å². The zero-order chi connectivity index (χ0) is 19.5. The minimum Gasteiger partial charge on any atom is -0.495 e. The smallest absolute Gasteiger partial charge is 0.265 e. The number of carbonyl (C=O) groups excluding carboxylic acids is 1. The maximum absolute atomic E-state index is 12.9. The first-order valence-electron chi connectivity index (χ1n) is 9.22. The number of para-hydroxylation sites is 2. The molecule has 0 radical (unpaired) electrons. The SMILES string of the molecule is COc1ccccc1-n1cnc2cc(C(=O)NC[C@@H]3CCCO3)ccc2c1=O. The van der Waals surface area contributed by atoms with Gasteiger partial charge in [-0.25, -0.2) is 4.98 Å². The molecule has 1 N–H and O–H groups in total. The maximum Gasteiger partial charge on any atom is 0.265 e. The Hall–Kier alpha value is -3.19. The van der Waals surface area contributed by atoms with E-state index in [0.717, 1.165) is 19.4 Å². The van der Waals surface area contributed by atoms with Crippen molar-refractivity contribution in [1.82, 2.24) is 14.9 Å². The molecule has 2 heterocycles. The summed E-state index contributed by atoms with van der Waals surface area (Å²) in [6, 6.07) is 12.2. The van der Waals surface area contributed by atoms with E-state index >= 15 is 0 Å². The van der Waals surface area contributed by atoms with Crippen molar-refractivity contribution in [2.45, 2.75) is 18.9 Å². The molecule has 0 spiro atoms. The van der Waals surface area contributed by atoms with Crippen LogP contribution in [0, 0.1) is 0 Å². The predicted molar refractivity (Wildman–Crippen MR) is 105 cm³/mol. The third-order valence-electron chi connectivity index (χ3n) is 4.88. The molecule has 3 aromatic rings. The van der Waals surface area contributed by atoms with E-state index in [1.54, 1.807) is 37.4 Å². The highest BCUT2D eigenvalue weighted by molar-refractivity contribution is 5.97. The van der Waals surface area contributed by atoms with Crippen molar-refractivity contribution in [3.8, 4) is 11.4 Å². The van der Waals surface area contributed by atoms with Crippen LogP contribution < -0.4 is 15.6 Å². The van der Waals surface area contributed by atoms with Gasteiger partial charge in [-0.1, -0.05) is 12.1 Å². The van der Waals surface area contributed by atoms with Crippen molar-refractivity contribution in [2.24, 2.45) is 0 Å². The average molecular weight is 379 g/mol. The van der Waals surface area contributed by atoms with Crippen LogP contribution >= 0.6 is 0 Å². The second-order valence-corrected chi connectivity index (χ2v) is 6.67. The van der Waals surface area contributed by atoms with Gasteiger partial charge in [0.25, 0.3) is 11.5 Å². The lowest BCUT2D eigenvalue weighted by Crippen LogP contribution is -2.31. The third-order valence-corrected chi connectivity index (χ3v) is 4.88. The molecule has 1 amide bonds. The lowest BCUT2D eigenvalue weighted by molar-refractivity contribution is 0.0858. The summed E-state index contributed by atoms with van der Waals surface area (Å²) in [5.74, 6) is 0.379. The van der Waals surface area contributed by atoms with Crippen LogP contribution in [0.4, 0.5) is 0 Å². The Labute approximate surface area is 161 Å². The molecule has 1 aliphatic heterocycles. The van der Waals surface area contributed by atoms with Crippen molar-refractivity contribution in [2.75, 3.05) is 20.3 Å². The van der Waals surface area contributed by atoms with Gasteiger partial charge in [-0.2, -0.15) is 0 Å². The highest BCUT2D eigenvalue weighted by atomic mass is 16.5. The Bertz CT molecular complexity index is 1070. The first-order valence-corrected chi connectivity index (χ1v) is 9.22. The van der Waals surface area contributed by atoms with Crippen LogP contribution in [0.25, 0.3) is 16.6 Å². The Morgan fingerprint density at radius 3 is 2.96 bits per heavy atom. The van der Waals surface area contributed by atoms with E-state index < -0.39 is 0 Å². The summed E-state index contributed by atoms with van der Waals surface area (Å²) >= 11 is 0. The molecule has 144 valence electrons. The van der Waals surface area contributed by atoms with Crippen molar-refractivity contribution in [1.29, 1.82) is 0 Å². The number of amides is 1. The van der Waals surface area contributed by atoms with Crippen molar-refractivity contribution in [3.63, 3.8) is 0 Å². The van der Waals surface area contributed by atoms with E-state index in [2.05, 4.69) is 10.3 Å². The normalized spacial score (nSPS) is 16.2. The highest BCUT2D eigenvalue weighted by Gasteiger charge is 2.17. The third kappa shape index (κ3) is 3.48.